The number of anilines is 1. The van der Waals surface area contributed by atoms with Crippen LogP contribution in [0.1, 0.15) is 16.4 Å². The van der Waals surface area contributed by atoms with Crippen molar-refractivity contribution in [3.63, 3.8) is 0 Å². The van der Waals surface area contributed by atoms with Gasteiger partial charge in [0.25, 0.3) is 5.91 Å². The molecular formula is C14H8F4N4O2. The third kappa shape index (κ3) is 3.12. The topological polar surface area (TPSA) is 83.8 Å². The lowest BCUT2D eigenvalue weighted by Gasteiger charge is -2.00. The Bertz CT molecular complexity index is 885. The first-order valence-corrected chi connectivity index (χ1v) is 6.50. The third-order valence-electron chi connectivity index (χ3n) is 2.95. The van der Waals surface area contributed by atoms with Crippen molar-refractivity contribution < 1.29 is 26.8 Å². The molecule has 3 rings (SSSR count). The number of rotatable bonds is 3. The van der Waals surface area contributed by atoms with Gasteiger partial charge < -0.3 is 4.42 Å². The number of H-pyrrole nitrogens is 1. The summed E-state index contributed by atoms with van der Waals surface area (Å²) in [6.45, 7) is 0. The summed E-state index contributed by atoms with van der Waals surface area (Å²) in [6.07, 6.45) is -4.71. The Labute approximate surface area is 131 Å². The number of amides is 1. The minimum atomic E-state index is -4.71. The Morgan fingerprint density at radius 1 is 1.17 bits per heavy atom. The molecule has 0 aliphatic carbocycles. The second-order valence-corrected chi connectivity index (χ2v) is 4.60. The first-order valence-electron chi connectivity index (χ1n) is 6.50. The molecule has 0 bridgehead atoms. The van der Waals surface area contributed by atoms with Gasteiger partial charge in [0.15, 0.2) is 5.76 Å². The van der Waals surface area contributed by atoms with Crippen LogP contribution < -0.4 is 5.32 Å². The number of aromatic nitrogens is 3. The highest BCUT2D eigenvalue weighted by Crippen LogP contribution is 2.27. The Morgan fingerprint density at radius 2 is 1.92 bits per heavy atom. The predicted octanol–water partition coefficient (Wildman–Crippen LogP) is 3.47. The van der Waals surface area contributed by atoms with Crippen molar-refractivity contribution in [1.29, 1.82) is 0 Å². The van der Waals surface area contributed by atoms with E-state index in [0.29, 0.717) is 0 Å². The van der Waals surface area contributed by atoms with E-state index in [4.69, 9.17) is 4.42 Å². The number of alkyl halides is 3. The summed E-state index contributed by atoms with van der Waals surface area (Å²) in [5.41, 5.74) is 0.147. The van der Waals surface area contributed by atoms with Crippen LogP contribution >= 0.6 is 0 Å². The minimum Gasteiger partial charge on any atom is -0.451 e. The van der Waals surface area contributed by atoms with Crippen molar-refractivity contribution in [3.8, 4) is 11.3 Å². The molecule has 1 amide bonds. The lowest BCUT2D eigenvalue weighted by molar-refractivity contribution is -0.144. The van der Waals surface area contributed by atoms with Crippen molar-refractivity contribution in [1.82, 2.24) is 15.2 Å². The maximum atomic E-state index is 13.7. The van der Waals surface area contributed by atoms with Crippen molar-refractivity contribution in [2.75, 3.05) is 5.32 Å². The first kappa shape index (κ1) is 15.7. The lowest BCUT2D eigenvalue weighted by Crippen LogP contribution is -2.12. The highest BCUT2D eigenvalue weighted by molar-refractivity contribution is 6.01. The fourth-order valence-corrected chi connectivity index (χ4v) is 1.87. The van der Waals surface area contributed by atoms with Crippen LogP contribution in [-0.2, 0) is 6.18 Å². The number of hydrogen-bond donors (Lipinski definition) is 2. The number of halogens is 4. The summed E-state index contributed by atoms with van der Waals surface area (Å²) < 4.78 is 56.0. The van der Waals surface area contributed by atoms with Crippen LogP contribution in [0, 0.1) is 5.82 Å². The lowest BCUT2D eigenvalue weighted by atomic mass is 10.1. The van der Waals surface area contributed by atoms with Gasteiger partial charge >= 0.3 is 6.18 Å². The Kier molecular flexibility index (Phi) is 3.80. The van der Waals surface area contributed by atoms with E-state index in [1.807, 2.05) is 0 Å². The normalized spacial score (nSPS) is 11.5. The SMILES string of the molecule is O=C(Nc1n[nH]c(C(F)(F)F)n1)c1ccc(-c2ccccc2F)o1. The van der Waals surface area contributed by atoms with Crippen LogP contribution in [0.25, 0.3) is 11.3 Å². The van der Waals surface area contributed by atoms with Gasteiger partial charge in [-0.2, -0.15) is 18.2 Å². The van der Waals surface area contributed by atoms with Crippen molar-refractivity contribution in [3.05, 3.63) is 53.8 Å². The molecular weight excluding hydrogens is 332 g/mol. The van der Waals surface area contributed by atoms with E-state index in [0.717, 1.165) is 0 Å². The highest BCUT2D eigenvalue weighted by Gasteiger charge is 2.35. The van der Waals surface area contributed by atoms with Crippen LogP contribution in [0.5, 0.6) is 0 Å². The number of aromatic amines is 1. The van der Waals surface area contributed by atoms with E-state index in [1.54, 1.807) is 11.2 Å². The minimum absolute atomic E-state index is 0.101. The Hall–Kier alpha value is -3.17. The molecule has 24 heavy (non-hydrogen) atoms. The number of nitrogens with zero attached hydrogens (tertiary/aromatic N) is 2. The van der Waals surface area contributed by atoms with Crippen molar-refractivity contribution in [2.45, 2.75) is 6.18 Å². The van der Waals surface area contributed by atoms with Crippen molar-refractivity contribution in [2.24, 2.45) is 0 Å². The van der Waals surface area contributed by atoms with E-state index in [9.17, 15) is 22.4 Å². The average molecular weight is 340 g/mol. The Balaban J connectivity index is 1.77. The maximum absolute atomic E-state index is 13.7. The van der Waals surface area contributed by atoms with Crippen LogP contribution in [-0.4, -0.2) is 21.1 Å². The third-order valence-corrected chi connectivity index (χ3v) is 2.95. The predicted molar refractivity (Wildman–Crippen MR) is 73.4 cm³/mol. The molecule has 124 valence electrons. The summed E-state index contributed by atoms with van der Waals surface area (Å²) in [5.74, 6) is -3.44. The van der Waals surface area contributed by atoms with Gasteiger partial charge in [0.05, 0.1) is 5.56 Å². The molecule has 0 saturated heterocycles. The van der Waals surface area contributed by atoms with E-state index in [-0.39, 0.29) is 17.1 Å². The molecule has 0 aliphatic rings. The van der Waals surface area contributed by atoms with E-state index < -0.39 is 29.7 Å². The molecule has 0 spiro atoms. The molecule has 6 nitrogen and oxygen atoms in total. The molecule has 0 aliphatic heterocycles. The molecule has 0 fully saturated rings. The van der Waals surface area contributed by atoms with Crippen LogP contribution in [0.3, 0.4) is 0 Å². The molecule has 0 saturated carbocycles. The second-order valence-electron chi connectivity index (χ2n) is 4.60. The van der Waals surface area contributed by atoms with Gasteiger partial charge in [0.1, 0.15) is 11.6 Å². The summed E-state index contributed by atoms with van der Waals surface area (Å²) in [5, 5.41) is 6.95. The number of hydrogen-bond acceptors (Lipinski definition) is 4. The van der Waals surface area contributed by atoms with Gasteiger partial charge in [-0.3, -0.25) is 15.2 Å². The fraction of sp³-hybridized carbons (Fsp3) is 0.0714. The van der Waals surface area contributed by atoms with E-state index >= 15 is 0 Å². The number of benzene rings is 1. The average Bonchev–Trinajstić information content (AvgIpc) is 3.16. The fourth-order valence-electron chi connectivity index (χ4n) is 1.87. The van der Waals surface area contributed by atoms with Crippen LogP contribution in [0.2, 0.25) is 0 Å². The molecule has 10 heteroatoms. The number of carbonyl (C=O) groups is 1. The van der Waals surface area contributed by atoms with Crippen LogP contribution in [0.15, 0.2) is 40.8 Å². The van der Waals surface area contributed by atoms with Gasteiger partial charge in [-0.25, -0.2) is 4.39 Å². The second kappa shape index (κ2) is 5.80. The monoisotopic (exact) mass is 340 g/mol. The van der Waals surface area contributed by atoms with Crippen LogP contribution in [0.4, 0.5) is 23.5 Å². The van der Waals surface area contributed by atoms with Gasteiger partial charge in [-0.15, -0.1) is 5.10 Å². The van der Waals surface area contributed by atoms with Gasteiger partial charge in [-0.1, -0.05) is 12.1 Å². The van der Waals surface area contributed by atoms with E-state index in [1.165, 1.54) is 30.3 Å². The molecule has 0 atom stereocenters. The quantitative estimate of drug-likeness (QED) is 0.715. The summed E-state index contributed by atoms with van der Waals surface area (Å²) >= 11 is 0. The zero-order valence-electron chi connectivity index (χ0n) is 11.7. The maximum Gasteiger partial charge on any atom is 0.451 e. The molecule has 2 N–H and O–H groups in total. The summed E-state index contributed by atoms with van der Waals surface area (Å²) in [7, 11) is 0. The van der Waals surface area contributed by atoms with Crippen molar-refractivity contribution >= 4 is 11.9 Å². The highest BCUT2D eigenvalue weighted by atomic mass is 19.4. The molecule has 2 heterocycles. The van der Waals surface area contributed by atoms with Gasteiger partial charge in [-0.05, 0) is 24.3 Å². The molecule has 2 aromatic heterocycles. The summed E-state index contributed by atoms with van der Waals surface area (Å²) in [6, 6.07) is 8.40. The number of carbonyl (C=O) groups excluding carboxylic acids is 1. The molecule has 0 radical (unpaired) electrons. The zero-order valence-corrected chi connectivity index (χ0v) is 11.7. The van der Waals surface area contributed by atoms with E-state index in [2.05, 4.69) is 15.4 Å². The number of furan rings is 1. The number of nitrogens with one attached hydrogen (secondary N) is 2. The summed E-state index contributed by atoms with van der Waals surface area (Å²) in [4.78, 5) is 15.0. The smallest absolute Gasteiger partial charge is 0.451 e. The largest absolute Gasteiger partial charge is 0.451 e. The van der Waals surface area contributed by atoms with Gasteiger partial charge in [0.2, 0.25) is 11.8 Å². The first-order chi connectivity index (χ1) is 11.3. The standard InChI is InChI=1S/C14H8F4N4O2/c15-8-4-2-1-3-7(8)9-5-6-10(24-9)11(23)19-13-20-12(21-22-13)14(16,17)18/h1-6H,(H2,19,20,21,22,23). The molecule has 1 aromatic carbocycles. The molecule has 0 unspecified atom stereocenters. The molecule has 3 aromatic rings. The Morgan fingerprint density at radius 3 is 2.58 bits per heavy atom. The zero-order chi connectivity index (χ0) is 17.3. The van der Waals surface area contributed by atoms with Gasteiger partial charge in [0, 0.05) is 0 Å².